The molecule has 0 radical (unpaired) electrons. The number of rotatable bonds is 5. The number of primary amides is 1. The molecular weight excluding hydrogens is 399 g/mol. The van der Waals surface area contributed by atoms with Gasteiger partial charge < -0.3 is 5.73 Å². The molecule has 0 bridgehead atoms. The zero-order chi connectivity index (χ0) is 21.8. The summed E-state index contributed by atoms with van der Waals surface area (Å²) in [6.45, 7) is 0.555. The van der Waals surface area contributed by atoms with Crippen molar-refractivity contribution in [1.82, 2.24) is 0 Å². The van der Waals surface area contributed by atoms with Crippen LogP contribution in [0.4, 0.5) is 42.1 Å². The van der Waals surface area contributed by atoms with Crippen LogP contribution >= 0.6 is 0 Å². The summed E-state index contributed by atoms with van der Waals surface area (Å²) < 4.78 is 81.4. The van der Waals surface area contributed by atoms with Crippen LogP contribution in [-0.4, -0.2) is 33.8 Å². The normalized spacial score (nSPS) is 12.0. The number of nitro benzene ring substituents is 2. The number of hydrogen-bond donors (Lipinski definition) is 1. The van der Waals surface area contributed by atoms with Gasteiger partial charge in [-0.15, -0.1) is 0 Å². The average Bonchev–Trinajstić information content (AvgIpc) is 2.53. The number of nitrogens with two attached hydrogens (primary N) is 1. The number of hydrogen-bond acceptors (Lipinski definition) is 5. The van der Waals surface area contributed by atoms with Gasteiger partial charge in [0, 0.05) is 18.6 Å². The molecule has 1 aromatic rings. The lowest BCUT2D eigenvalue weighted by Gasteiger charge is -2.26. The molecule has 27 heavy (non-hydrogen) atoms. The van der Waals surface area contributed by atoms with E-state index in [4.69, 9.17) is 5.73 Å². The third-order valence-corrected chi connectivity index (χ3v) is 2.87. The van der Waals surface area contributed by atoms with Gasteiger partial charge >= 0.3 is 18.0 Å². The summed E-state index contributed by atoms with van der Waals surface area (Å²) in [4.78, 5) is 29.8. The summed E-state index contributed by atoms with van der Waals surface area (Å²) in [5.74, 6) is -11.9. The smallest absolute Gasteiger partial charge is 0.366 e. The van der Waals surface area contributed by atoms with Gasteiger partial charge in [0.1, 0.15) is 0 Å². The second kappa shape index (κ2) is 8.13. The minimum Gasteiger partial charge on any atom is -0.366 e. The van der Waals surface area contributed by atoms with Gasteiger partial charge in [-0.1, -0.05) is 6.92 Å². The molecule has 0 aliphatic rings. The van der Waals surface area contributed by atoms with Crippen molar-refractivity contribution in [2.45, 2.75) is 31.4 Å². The molecule has 1 rings (SSSR count). The van der Waals surface area contributed by atoms with Crippen LogP contribution in [0.3, 0.4) is 0 Å². The average molecular weight is 409 g/mol. The third-order valence-electron chi connectivity index (χ3n) is 2.87. The Hall–Kier alpha value is -3.00. The predicted octanol–water partition coefficient (Wildman–Crippen LogP) is 3.83. The largest absolute Gasteiger partial charge is 0.459 e. The summed E-state index contributed by atoms with van der Waals surface area (Å²) in [7, 11) is 0. The molecule has 1 aromatic carbocycles. The number of nitro groups is 2. The minimum atomic E-state index is -6.20. The van der Waals surface area contributed by atoms with Gasteiger partial charge in [-0.05, 0) is 0 Å². The second-order valence-electron chi connectivity index (χ2n) is 4.75. The summed E-state index contributed by atoms with van der Waals surface area (Å²) in [6, 6.07) is 2.52. The molecule has 0 atom stereocenters. The van der Waals surface area contributed by atoms with Crippen molar-refractivity contribution in [2.75, 3.05) is 0 Å². The Morgan fingerprint density at radius 1 is 0.963 bits per heavy atom. The summed E-state index contributed by atoms with van der Waals surface area (Å²) in [5, 5.41) is 20.8. The SMILES string of the molecule is CCC(F)(F)C(F)(F)C(F)(F)F.NC(=O)c1cc([N+](=O)[O-])cc([N+](=O)[O-])c1. The molecule has 2 N–H and O–H groups in total. The van der Waals surface area contributed by atoms with Crippen molar-refractivity contribution in [2.24, 2.45) is 5.73 Å². The fourth-order valence-corrected chi connectivity index (χ4v) is 1.38. The Labute approximate surface area is 145 Å². The van der Waals surface area contributed by atoms with E-state index in [0.29, 0.717) is 6.92 Å². The summed E-state index contributed by atoms with van der Waals surface area (Å²) >= 11 is 0. The third kappa shape index (κ3) is 5.75. The van der Waals surface area contributed by atoms with E-state index in [9.17, 15) is 55.8 Å². The van der Waals surface area contributed by atoms with E-state index in [-0.39, 0.29) is 5.56 Å². The van der Waals surface area contributed by atoms with Gasteiger partial charge in [0.2, 0.25) is 5.91 Å². The van der Waals surface area contributed by atoms with E-state index in [1.165, 1.54) is 0 Å². The van der Waals surface area contributed by atoms with Gasteiger partial charge in [0.15, 0.2) is 0 Å². The molecule has 1 amide bonds. The van der Waals surface area contributed by atoms with Crippen LogP contribution in [0.25, 0.3) is 0 Å². The fourth-order valence-electron chi connectivity index (χ4n) is 1.38. The van der Waals surface area contributed by atoms with E-state index in [1.807, 2.05) is 0 Å². The molecule has 0 fully saturated rings. The monoisotopic (exact) mass is 409 g/mol. The lowest BCUT2D eigenvalue weighted by Crippen LogP contribution is -2.51. The molecule has 8 nitrogen and oxygen atoms in total. The second-order valence-corrected chi connectivity index (χ2v) is 4.75. The molecule has 0 unspecified atom stereocenters. The first kappa shape index (κ1) is 24.0. The number of halogens is 7. The lowest BCUT2D eigenvalue weighted by molar-refractivity contribution is -0.394. The molecule has 15 heteroatoms. The van der Waals surface area contributed by atoms with Crippen molar-refractivity contribution in [1.29, 1.82) is 0 Å². The van der Waals surface area contributed by atoms with Gasteiger partial charge in [-0.2, -0.15) is 30.7 Å². The van der Waals surface area contributed by atoms with E-state index in [0.717, 1.165) is 18.2 Å². The predicted molar refractivity (Wildman–Crippen MR) is 74.5 cm³/mol. The number of nitrogens with zero attached hydrogens (tertiary/aromatic N) is 2. The molecule has 0 aliphatic heterocycles. The van der Waals surface area contributed by atoms with E-state index >= 15 is 0 Å². The maximum atomic E-state index is 12.0. The molecular formula is C12H10F7N3O5. The Balaban J connectivity index is 0.000000516. The van der Waals surface area contributed by atoms with Crippen LogP contribution in [0, 0.1) is 20.2 Å². The number of benzene rings is 1. The summed E-state index contributed by atoms with van der Waals surface area (Å²) in [6.07, 6.45) is -7.76. The van der Waals surface area contributed by atoms with Crippen molar-refractivity contribution < 1.29 is 45.4 Å². The number of non-ortho nitro benzene ring substituents is 2. The van der Waals surface area contributed by atoms with E-state index in [2.05, 4.69) is 0 Å². The van der Waals surface area contributed by atoms with Crippen LogP contribution in [0.5, 0.6) is 0 Å². The highest BCUT2D eigenvalue weighted by atomic mass is 19.4. The number of carbonyl (C=O) groups excluding carboxylic acids is 1. The Morgan fingerprint density at radius 3 is 1.52 bits per heavy atom. The number of alkyl halides is 7. The number of carbonyl (C=O) groups is 1. The van der Waals surface area contributed by atoms with Gasteiger partial charge in [0.05, 0.1) is 21.5 Å². The van der Waals surface area contributed by atoms with E-state index < -0.39 is 51.6 Å². The first-order valence-electron chi connectivity index (χ1n) is 6.54. The van der Waals surface area contributed by atoms with Crippen LogP contribution in [-0.2, 0) is 0 Å². The number of amides is 1. The Kier molecular flexibility index (Phi) is 7.23. The van der Waals surface area contributed by atoms with Crippen LogP contribution in [0.2, 0.25) is 0 Å². The fraction of sp³-hybridized carbons (Fsp3) is 0.417. The lowest BCUT2D eigenvalue weighted by atomic mass is 10.1. The van der Waals surface area contributed by atoms with Gasteiger partial charge in [0.25, 0.3) is 11.4 Å². The molecule has 152 valence electrons. The highest BCUT2D eigenvalue weighted by molar-refractivity contribution is 5.94. The molecule has 0 aliphatic carbocycles. The topological polar surface area (TPSA) is 129 Å². The van der Waals surface area contributed by atoms with Gasteiger partial charge in [-0.3, -0.25) is 25.0 Å². The van der Waals surface area contributed by atoms with Crippen molar-refractivity contribution >= 4 is 17.3 Å². The standard InChI is InChI=1S/C7H5N3O5.C5H5F7/c8-7(11)4-1-5(9(12)13)3-6(2-4)10(14)15;1-2-3(6,7)4(8,9)5(10,11)12/h1-3H,(H2,8,11);2H2,1H3. The zero-order valence-corrected chi connectivity index (χ0v) is 13.1. The van der Waals surface area contributed by atoms with Crippen molar-refractivity contribution in [3.8, 4) is 0 Å². The highest BCUT2D eigenvalue weighted by Gasteiger charge is 2.71. The minimum absolute atomic E-state index is 0.268. The maximum Gasteiger partial charge on any atom is 0.459 e. The molecule has 0 heterocycles. The van der Waals surface area contributed by atoms with Crippen LogP contribution < -0.4 is 5.73 Å². The maximum absolute atomic E-state index is 12.0. The molecule has 0 saturated heterocycles. The zero-order valence-electron chi connectivity index (χ0n) is 13.1. The first-order chi connectivity index (χ1) is 12.0. The van der Waals surface area contributed by atoms with E-state index in [1.54, 1.807) is 0 Å². The Bertz CT molecular complexity index is 658. The summed E-state index contributed by atoms with van der Waals surface area (Å²) in [5.41, 5.74) is 3.51. The van der Waals surface area contributed by atoms with Crippen LogP contribution in [0.1, 0.15) is 23.7 Å². The van der Waals surface area contributed by atoms with Crippen molar-refractivity contribution in [3.05, 3.63) is 44.0 Å². The quantitative estimate of drug-likeness (QED) is 0.449. The van der Waals surface area contributed by atoms with Crippen molar-refractivity contribution in [3.63, 3.8) is 0 Å². The molecule has 0 aromatic heterocycles. The van der Waals surface area contributed by atoms with Gasteiger partial charge in [-0.25, -0.2) is 0 Å². The molecule has 0 spiro atoms. The Morgan fingerprint density at radius 2 is 1.33 bits per heavy atom. The highest BCUT2D eigenvalue weighted by Crippen LogP contribution is 2.47. The molecule has 0 saturated carbocycles. The first-order valence-corrected chi connectivity index (χ1v) is 6.54. The van der Waals surface area contributed by atoms with Crippen LogP contribution in [0.15, 0.2) is 18.2 Å².